The van der Waals surface area contributed by atoms with E-state index in [9.17, 15) is 33.9 Å². The van der Waals surface area contributed by atoms with Crippen LogP contribution in [0.3, 0.4) is 0 Å². The maximum absolute atomic E-state index is 15.9. The number of aliphatic hydroxyl groups excluding tert-OH is 1. The van der Waals surface area contributed by atoms with E-state index in [-0.39, 0.29) is 41.7 Å². The lowest BCUT2D eigenvalue weighted by Crippen LogP contribution is -2.79. The minimum atomic E-state index is -1.98. The number of hydrogen-bond donors (Lipinski definition) is 2. The molecule has 1 aliphatic heterocycles. The SMILES string of the molecule is CC(=O)O[C@H]1C[C@H]2OC[C@@]2(OC(C)=O)C2[C@H](OC(=O)c3ccccc3)C3C[C@H](OC(=O)[C@H](O)[C@@H](NC(=O)c4ccccc4)c4ccccc4)C(C)=C([C@@H](OC(=O)CCl)C(=O)[C@@]21C)C3(C)C. The summed E-state index contributed by atoms with van der Waals surface area (Å²) in [5, 5.41) is 14.6. The Kier molecular flexibility index (Phi) is 13.4. The van der Waals surface area contributed by atoms with Crippen LogP contribution in [0.1, 0.15) is 86.7 Å². The molecule has 0 radical (unpaired) electrons. The highest BCUT2D eigenvalue weighted by atomic mass is 35.5. The number of benzene rings is 3. The van der Waals surface area contributed by atoms with Gasteiger partial charge in [0, 0.05) is 31.7 Å². The molecule has 3 aromatic carbocycles. The van der Waals surface area contributed by atoms with Crippen LogP contribution in [0, 0.1) is 22.7 Å². The number of rotatable bonds is 12. The van der Waals surface area contributed by atoms with Crippen LogP contribution in [-0.2, 0) is 52.4 Å². The number of carbonyl (C=O) groups is 7. The van der Waals surface area contributed by atoms with Crippen LogP contribution < -0.4 is 5.32 Å². The minimum absolute atomic E-state index is 0.114. The van der Waals surface area contributed by atoms with E-state index in [1.807, 2.05) is 0 Å². The van der Waals surface area contributed by atoms with Crippen LogP contribution in [0.5, 0.6) is 0 Å². The van der Waals surface area contributed by atoms with E-state index in [4.69, 9.17) is 40.0 Å². The van der Waals surface area contributed by atoms with Gasteiger partial charge in [0.1, 0.15) is 30.3 Å². The second-order valence-corrected chi connectivity index (χ2v) is 18.1. The van der Waals surface area contributed by atoms with Gasteiger partial charge in [-0.1, -0.05) is 80.6 Å². The number of ether oxygens (including phenoxy) is 6. The fraction of sp³-hybridized carbons (Fsp3) is 0.449. The van der Waals surface area contributed by atoms with Crippen molar-refractivity contribution in [3.8, 4) is 0 Å². The number of amides is 1. The van der Waals surface area contributed by atoms with Crippen LogP contribution >= 0.6 is 11.6 Å². The number of esters is 5. The fourth-order valence-corrected chi connectivity index (χ4v) is 10.7. The van der Waals surface area contributed by atoms with Crippen LogP contribution in [0.15, 0.2) is 102 Å². The minimum Gasteiger partial charge on any atom is -0.461 e. The first-order chi connectivity index (χ1) is 30.8. The van der Waals surface area contributed by atoms with E-state index in [2.05, 4.69) is 5.32 Å². The van der Waals surface area contributed by atoms with Gasteiger partial charge in [-0.2, -0.15) is 0 Å². The van der Waals surface area contributed by atoms with E-state index in [1.165, 1.54) is 20.8 Å². The van der Waals surface area contributed by atoms with E-state index in [0.717, 1.165) is 0 Å². The summed E-state index contributed by atoms with van der Waals surface area (Å²) in [5.74, 6) is -8.69. The summed E-state index contributed by atoms with van der Waals surface area (Å²) in [4.78, 5) is 97.6. The molecule has 65 heavy (non-hydrogen) atoms. The zero-order chi connectivity index (χ0) is 47.0. The number of aliphatic hydroxyl groups is 1. The van der Waals surface area contributed by atoms with E-state index < -0.39 is 118 Å². The van der Waals surface area contributed by atoms with Crippen molar-refractivity contribution in [3.05, 3.63) is 119 Å². The molecule has 15 nitrogen and oxygen atoms in total. The fourth-order valence-electron chi connectivity index (χ4n) is 10.6. The average Bonchev–Trinajstić information content (AvgIpc) is 3.28. The van der Waals surface area contributed by atoms with Gasteiger partial charge in [0.2, 0.25) is 0 Å². The molecule has 1 saturated heterocycles. The maximum Gasteiger partial charge on any atom is 0.338 e. The predicted octanol–water partition coefficient (Wildman–Crippen LogP) is 5.41. The Morgan fingerprint density at radius 1 is 0.815 bits per heavy atom. The van der Waals surface area contributed by atoms with Gasteiger partial charge in [-0.25, -0.2) is 9.59 Å². The van der Waals surface area contributed by atoms with Crippen molar-refractivity contribution in [2.45, 2.75) is 103 Å². The smallest absolute Gasteiger partial charge is 0.338 e. The molecule has 1 heterocycles. The van der Waals surface area contributed by atoms with Crippen LogP contribution in [0.2, 0.25) is 0 Å². The molecule has 0 aromatic heterocycles. The number of hydrogen-bond acceptors (Lipinski definition) is 14. The highest BCUT2D eigenvalue weighted by Gasteiger charge is 2.76. The predicted molar refractivity (Wildman–Crippen MR) is 231 cm³/mol. The summed E-state index contributed by atoms with van der Waals surface area (Å²) in [6.45, 7) is 8.79. The van der Waals surface area contributed by atoms with Crippen molar-refractivity contribution >= 4 is 53.1 Å². The third-order valence-corrected chi connectivity index (χ3v) is 13.8. The van der Waals surface area contributed by atoms with Crippen LogP contribution in [-0.4, -0.2) is 101 Å². The summed E-state index contributed by atoms with van der Waals surface area (Å²) in [6.07, 6.45) is -8.86. The number of Topliss-reactive ketones (excluding diaryl/α,β-unsaturated/α-hetero) is 1. The average molecular weight is 914 g/mol. The summed E-state index contributed by atoms with van der Waals surface area (Å²) < 4.78 is 37.0. The number of fused-ring (bicyclic) bond motifs is 5. The van der Waals surface area contributed by atoms with Gasteiger partial charge in [0.25, 0.3) is 5.91 Å². The van der Waals surface area contributed by atoms with Gasteiger partial charge < -0.3 is 38.8 Å². The normalized spacial score (nSPS) is 29.7. The topological polar surface area (TPSA) is 207 Å². The van der Waals surface area contributed by atoms with Gasteiger partial charge in [0.15, 0.2) is 23.6 Å². The van der Waals surface area contributed by atoms with E-state index in [1.54, 1.807) is 112 Å². The van der Waals surface area contributed by atoms with Crippen molar-refractivity contribution in [3.63, 3.8) is 0 Å². The Hall–Kier alpha value is -5.90. The van der Waals surface area contributed by atoms with Crippen LogP contribution in [0.25, 0.3) is 0 Å². The Morgan fingerprint density at radius 2 is 1.42 bits per heavy atom. The number of alkyl halides is 1. The monoisotopic (exact) mass is 913 g/mol. The van der Waals surface area contributed by atoms with E-state index >= 15 is 4.79 Å². The summed E-state index contributed by atoms with van der Waals surface area (Å²) in [5.41, 5.74) is -3.51. The Balaban J connectivity index is 1.40. The van der Waals surface area contributed by atoms with Crippen LogP contribution in [0.4, 0.5) is 0 Å². The quantitative estimate of drug-likeness (QED) is 0.101. The summed E-state index contributed by atoms with van der Waals surface area (Å²) >= 11 is 6.03. The van der Waals surface area contributed by atoms with Gasteiger partial charge in [-0.3, -0.25) is 24.0 Å². The maximum atomic E-state index is 15.9. The molecule has 4 aliphatic rings. The highest BCUT2D eigenvalue weighted by Crippen LogP contribution is 2.64. The molecule has 2 saturated carbocycles. The second-order valence-electron chi connectivity index (χ2n) is 17.8. The molecule has 3 aliphatic carbocycles. The molecule has 7 rings (SSSR count). The van der Waals surface area contributed by atoms with Gasteiger partial charge in [-0.05, 0) is 66.7 Å². The molecule has 2 bridgehead atoms. The lowest BCUT2D eigenvalue weighted by atomic mass is 9.46. The van der Waals surface area contributed by atoms with Gasteiger partial charge in [-0.15, -0.1) is 11.6 Å². The Labute approximate surface area is 381 Å². The van der Waals surface area contributed by atoms with Crippen molar-refractivity contribution in [1.82, 2.24) is 5.32 Å². The summed E-state index contributed by atoms with van der Waals surface area (Å²) in [6, 6.07) is 23.4. The first kappa shape index (κ1) is 47.1. The molecule has 2 unspecified atom stereocenters. The largest absolute Gasteiger partial charge is 0.461 e. The first-order valence-corrected chi connectivity index (χ1v) is 21.9. The molecule has 2 N–H and O–H groups in total. The third-order valence-electron chi connectivity index (χ3n) is 13.6. The van der Waals surface area contributed by atoms with Crippen molar-refractivity contribution in [1.29, 1.82) is 0 Å². The number of halogens is 1. The number of ketones is 1. The first-order valence-electron chi connectivity index (χ1n) is 21.4. The van der Waals surface area contributed by atoms with Gasteiger partial charge in [0.05, 0.1) is 29.5 Å². The van der Waals surface area contributed by atoms with Crippen molar-refractivity contribution in [2.24, 2.45) is 22.7 Å². The zero-order valence-corrected chi connectivity index (χ0v) is 37.6. The van der Waals surface area contributed by atoms with Crippen molar-refractivity contribution in [2.75, 3.05) is 12.5 Å². The van der Waals surface area contributed by atoms with Crippen molar-refractivity contribution < 1.29 is 67.1 Å². The number of carbonyl (C=O) groups excluding carboxylic acids is 7. The molecule has 1 amide bonds. The second kappa shape index (κ2) is 18.5. The molecule has 3 fully saturated rings. The highest BCUT2D eigenvalue weighted by molar-refractivity contribution is 6.26. The molecule has 3 aromatic rings. The molecular weight excluding hydrogens is 862 g/mol. The summed E-state index contributed by atoms with van der Waals surface area (Å²) in [7, 11) is 0. The lowest BCUT2D eigenvalue weighted by molar-refractivity contribution is -0.336. The third kappa shape index (κ3) is 8.68. The molecule has 16 heteroatoms. The molecule has 0 spiro atoms. The Morgan fingerprint density at radius 3 is 1.97 bits per heavy atom. The molecular formula is C49H52ClNO14. The molecule has 11 atom stereocenters. The van der Waals surface area contributed by atoms with Gasteiger partial charge >= 0.3 is 29.8 Å². The Bertz CT molecular complexity index is 2370. The number of nitrogens with one attached hydrogen (secondary N) is 1. The van der Waals surface area contributed by atoms with E-state index in [0.29, 0.717) is 5.56 Å². The molecule has 344 valence electrons. The standard InChI is InChI=1S/C49H52ClNO14/c1-26-33(62-46(59)39(55)38(29-16-10-7-11-17-29)51-44(57)30-18-12-8-13-19-30)22-32-40(64-45(58)31-20-14-9-15-21-31)42-48(6,43(56)41(63-36(54)24-50)37(26)47(32,4)5)34(61-27(2)52)23-35-49(42,25-60-35)65-28(3)53/h7-21,32-35,38-42,55H,22-25H2,1-6H3,(H,51,57)/t32?,33-,34-,35+,38-,39+,40+,41+,42?,48+,49-/m0/s1. The zero-order valence-electron chi connectivity index (χ0n) is 36.8. The lowest BCUT2D eigenvalue weighted by Gasteiger charge is -2.66.